The van der Waals surface area contributed by atoms with Gasteiger partial charge in [0.1, 0.15) is 0 Å². The number of benzene rings is 3. The maximum absolute atomic E-state index is 13.5. The molecular weight excluding hydrogens is 503 g/mol. The monoisotopic (exact) mass is 541 g/mol. The van der Waals surface area contributed by atoms with Crippen molar-refractivity contribution in [2.24, 2.45) is 0 Å². The Bertz CT molecular complexity index is 1140. The third-order valence-corrected chi connectivity index (χ3v) is 12.5. The Balaban J connectivity index is 1.35. The van der Waals surface area contributed by atoms with E-state index < -0.39 is 20.1 Å². The van der Waals surface area contributed by atoms with Crippen LogP contribution in [0.4, 0.5) is 18.9 Å². The lowest BCUT2D eigenvalue weighted by atomic mass is 10.0. The van der Waals surface area contributed by atoms with E-state index in [1.807, 2.05) is 60.7 Å². The van der Waals surface area contributed by atoms with Crippen molar-refractivity contribution in [2.45, 2.75) is 44.4 Å². The second-order valence-electron chi connectivity index (χ2n) is 11.0. The molecule has 1 fully saturated rings. The van der Waals surface area contributed by atoms with Crippen LogP contribution in [-0.2, 0) is 12.7 Å². The number of alkyl halides is 3. The number of nitrogens with zero attached hydrogens (tertiary/aromatic N) is 2. The molecular formula is C30H38F3N3OSi. The fraction of sp³-hybridized carbons (Fsp3) is 0.400. The van der Waals surface area contributed by atoms with Crippen molar-refractivity contribution in [1.29, 1.82) is 0 Å². The van der Waals surface area contributed by atoms with Gasteiger partial charge in [-0.3, -0.25) is 4.90 Å². The van der Waals surface area contributed by atoms with Gasteiger partial charge >= 0.3 is 6.18 Å². The van der Waals surface area contributed by atoms with Crippen LogP contribution in [0.5, 0.6) is 0 Å². The summed E-state index contributed by atoms with van der Waals surface area (Å²) >= 11 is 0. The van der Waals surface area contributed by atoms with Crippen molar-refractivity contribution in [1.82, 2.24) is 9.80 Å². The first-order valence-electron chi connectivity index (χ1n) is 13.2. The number of hydrogen-bond acceptors (Lipinski definition) is 4. The summed E-state index contributed by atoms with van der Waals surface area (Å²) in [5.41, 5.74) is 5.37. The quantitative estimate of drug-likeness (QED) is 0.304. The third-order valence-electron chi connectivity index (χ3n) is 7.94. The third kappa shape index (κ3) is 6.31. The van der Waals surface area contributed by atoms with Crippen LogP contribution >= 0.6 is 0 Å². The molecule has 4 nitrogen and oxygen atoms in total. The summed E-state index contributed by atoms with van der Waals surface area (Å²) in [7, 11) is -3.02. The summed E-state index contributed by atoms with van der Waals surface area (Å²) in [6.07, 6.45) is -2.59. The Morgan fingerprint density at radius 2 is 1.34 bits per heavy atom. The number of hydrogen-bond donors (Lipinski definition) is 2. The van der Waals surface area contributed by atoms with Crippen molar-refractivity contribution in [3.05, 3.63) is 90.0 Å². The number of nitrogen functional groups attached to an aromatic ring is 1. The minimum absolute atomic E-state index is 0.128. The standard InChI is InChI=1S/C30H38F3N3OSi/c1-29(2,38(37,26-10-5-3-6-11-26)27-12-7-4-8-13-27)16-9-17-35-18-20-36(21-19-35)23-24-14-15-25(34)22-28(24)30(31,32)33/h3-8,10-15,22,37H,9,16-21,23,34H2,1-2H3. The fourth-order valence-electron chi connectivity index (χ4n) is 5.64. The summed E-state index contributed by atoms with van der Waals surface area (Å²) in [6, 6.07) is 24.2. The number of piperazine rings is 1. The average molecular weight is 542 g/mol. The van der Waals surface area contributed by atoms with Gasteiger partial charge in [-0.05, 0) is 52.5 Å². The Morgan fingerprint density at radius 3 is 1.87 bits per heavy atom. The van der Waals surface area contributed by atoms with Crippen LogP contribution in [0.2, 0.25) is 5.04 Å². The van der Waals surface area contributed by atoms with Crippen molar-refractivity contribution in [3.8, 4) is 0 Å². The van der Waals surface area contributed by atoms with Gasteiger partial charge in [-0.2, -0.15) is 13.2 Å². The van der Waals surface area contributed by atoms with Gasteiger partial charge in [0.25, 0.3) is 8.32 Å². The molecule has 8 heteroatoms. The molecule has 3 aromatic rings. The molecule has 0 amide bonds. The number of halogens is 3. The molecule has 1 aliphatic heterocycles. The molecule has 0 radical (unpaired) electrons. The zero-order valence-electron chi connectivity index (χ0n) is 22.2. The topological polar surface area (TPSA) is 52.7 Å². The number of rotatable bonds is 9. The smallest absolute Gasteiger partial charge is 0.416 e. The lowest BCUT2D eigenvalue weighted by Crippen LogP contribution is -2.65. The highest BCUT2D eigenvalue weighted by Gasteiger charge is 2.49. The first kappa shape index (κ1) is 28.4. The summed E-state index contributed by atoms with van der Waals surface area (Å²) in [4.78, 5) is 16.8. The fourth-order valence-corrected chi connectivity index (χ4v) is 9.42. The minimum Gasteiger partial charge on any atom is -0.424 e. The van der Waals surface area contributed by atoms with Gasteiger partial charge in [0.05, 0.1) is 5.56 Å². The molecule has 38 heavy (non-hydrogen) atoms. The van der Waals surface area contributed by atoms with Gasteiger partial charge in [-0.1, -0.05) is 80.6 Å². The van der Waals surface area contributed by atoms with Crippen molar-refractivity contribution in [3.63, 3.8) is 0 Å². The van der Waals surface area contributed by atoms with Gasteiger partial charge < -0.3 is 15.4 Å². The molecule has 3 N–H and O–H groups in total. The summed E-state index contributed by atoms with van der Waals surface area (Å²) in [5, 5.41) is 1.75. The van der Waals surface area contributed by atoms with Crippen molar-refractivity contribution >= 4 is 24.4 Å². The van der Waals surface area contributed by atoms with Crippen LogP contribution in [-0.4, -0.2) is 55.6 Å². The van der Waals surface area contributed by atoms with E-state index in [9.17, 15) is 18.0 Å². The second kappa shape index (κ2) is 11.6. The summed E-state index contributed by atoms with van der Waals surface area (Å²) in [5.74, 6) is 0. The SMILES string of the molecule is CC(C)(CCCN1CCN(Cc2ccc(N)cc2C(F)(F)F)CC1)[Si](O)(c1ccccc1)c1ccccc1. The molecule has 4 rings (SSSR count). The normalized spacial score (nSPS) is 16.1. The van der Waals surface area contributed by atoms with E-state index >= 15 is 0 Å². The maximum Gasteiger partial charge on any atom is 0.416 e. The largest absolute Gasteiger partial charge is 0.424 e. The molecule has 0 saturated carbocycles. The molecule has 1 aliphatic rings. The van der Waals surface area contributed by atoms with E-state index in [-0.39, 0.29) is 22.8 Å². The number of nitrogens with two attached hydrogens (primary N) is 1. The van der Waals surface area contributed by atoms with Crippen molar-refractivity contribution in [2.75, 3.05) is 38.5 Å². The predicted octanol–water partition coefficient (Wildman–Crippen LogP) is 4.72. The highest BCUT2D eigenvalue weighted by molar-refractivity contribution is 6.98. The van der Waals surface area contributed by atoms with Gasteiger partial charge in [0.15, 0.2) is 0 Å². The number of anilines is 1. The maximum atomic E-state index is 13.5. The van der Waals surface area contributed by atoms with Crippen LogP contribution in [0.3, 0.4) is 0 Å². The molecule has 0 aliphatic carbocycles. The average Bonchev–Trinajstić information content (AvgIpc) is 2.90. The zero-order chi connectivity index (χ0) is 27.4. The Labute approximate surface area is 225 Å². The second-order valence-corrected chi connectivity index (χ2v) is 14.9. The summed E-state index contributed by atoms with van der Waals surface area (Å²) in [6.45, 7) is 8.61. The Hall–Kier alpha value is -2.65. The van der Waals surface area contributed by atoms with Crippen LogP contribution < -0.4 is 16.1 Å². The van der Waals surface area contributed by atoms with E-state index in [1.54, 1.807) is 0 Å². The van der Waals surface area contributed by atoms with Gasteiger partial charge in [-0.15, -0.1) is 0 Å². The van der Waals surface area contributed by atoms with Crippen LogP contribution in [0.15, 0.2) is 78.9 Å². The molecule has 204 valence electrons. The first-order valence-corrected chi connectivity index (χ1v) is 15.2. The molecule has 0 aromatic heterocycles. The molecule has 3 aromatic carbocycles. The molecule has 1 heterocycles. The van der Waals surface area contributed by atoms with E-state index in [0.29, 0.717) is 0 Å². The molecule has 1 saturated heterocycles. The van der Waals surface area contributed by atoms with E-state index in [4.69, 9.17) is 5.73 Å². The lowest BCUT2D eigenvalue weighted by molar-refractivity contribution is -0.138. The highest BCUT2D eigenvalue weighted by Crippen LogP contribution is 2.40. The van der Waals surface area contributed by atoms with Crippen LogP contribution in [0.1, 0.15) is 37.8 Å². The molecule has 0 bridgehead atoms. The van der Waals surface area contributed by atoms with Gasteiger partial charge in [0.2, 0.25) is 0 Å². The lowest BCUT2D eigenvalue weighted by Gasteiger charge is -2.42. The highest BCUT2D eigenvalue weighted by atomic mass is 28.4. The molecule has 0 spiro atoms. The minimum atomic E-state index is -4.41. The molecule has 0 unspecified atom stereocenters. The summed E-state index contributed by atoms with van der Waals surface area (Å²) < 4.78 is 40.5. The van der Waals surface area contributed by atoms with Gasteiger partial charge in [0, 0.05) is 38.4 Å². The molecule has 0 atom stereocenters. The first-order chi connectivity index (χ1) is 18.0. The van der Waals surface area contributed by atoms with E-state index in [2.05, 4.69) is 23.6 Å². The van der Waals surface area contributed by atoms with Crippen LogP contribution in [0.25, 0.3) is 0 Å². The van der Waals surface area contributed by atoms with Crippen LogP contribution in [0, 0.1) is 0 Å². The Kier molecular flexibility index (Phi) is 8.67. The van der Waals surface area contributed by atoms with E-state index in [0.717, 1.165) is 62.0 Å². The Morgan fingerprint density at radius 1 is 0.816 bits per heavy atom. The van der Waals surface area contributed by atoms with Gasteiger partial charge in [-0.25, -0.2) is 0 Å². The van der Waals surface area contributed by atoms with Crippen molar-refractivity contribution < 1.29 is 18.0 Å². The zero-order valence-corrected chi connectivity index (χ0v) is 23.2. The van der Waals surface area contributed by atoms with E-state index in [1.165, 1.54) is 12.1 Å². The predicted molar refractivity (Wildman–Crippen MR) is 151 cm³/mol.